The molecule has 0 aliphatic rings. The zero-order chi connectivity index (χ0) is 15.4. The minimum Gasteiger partial charge on any atom is -0.497 e. The maximum Gasteiger partial charge on any atom is 0.270 e. The van der Waals surface area contributed by atoms with Crippen LogP contribution in [-0.2, 0) is 0 Å². The highest BCUT2D eigenvalue weighted by Gasteiger charge is 2.13. The van der Waals surface area contributed by atoms with Crippen molar-refractivity contribution >= 4 is 23.2 Å². The predicted octanol–water partition coefficient (Wildman–Crippen LogP) is 2.45. The molecule has 0 saturated heterocycles. The molecule has 0 bridgehead atoms. The molecule has 0 spiro atoms. The van der Waals surface area contributed by atoms with Gasteiger partial charge in [0, 0.05) is 15.3 Å². The van der Waals surface area contributed by atoms with Gasteiger partial charge >= 0.3 is 0 Å². The Morgan fingerprint density at radius 3 is 2.19 bits per heavy atom. The number of thiophene rings is 1. The lowest BCUT2D eigenvalue weighted by atomic mass is 10.2. The molecular weight excluding hydrogens is 288 g/mol. The second-order valence-corrected chi connectivity index (χ2v) is 5.92. The summed E-state index contributed by atoms with van der Waals surface area (Å²) in [5.41, 5.74) is 5.83. The number of hydrogen-bond donors (Lipinski definition) is 2. The lowest BCUT2D eigenvalue weighted by Crippen LogP contribution is -2.41. The molecule has 0 unspecified atom stereocenters. The van der Waals surface area contributed by atoms with Crippen LogP contribution in [-0.4, -0.2) is 18.9 Å². The van der Waals surface area contributed by atoms with E-state index in [0.717, 1.165) is 9.75 Å². The summed E-state index contributed by atoms with van der Waals surface area (Å²) in [6, 6.07) is 8.42. The fourth-order valence-electron chi connectivity index (χ4n) is 1.85. The monoisotopic (exact) mass is 304 g/mol. The fraction of sp³-hybridized carbons (Fsp3) is 0.200. The molecule has 5 nitrogen and oxygen atoms in total. The molecule has 110 valence electrons. The van der Waals surface area contributed by atoms with Gasteiger partial charge in [-0.05, 0) is 44.2 Å². The number of hydrazine groups is 1. The van der Waals surface area contributed by atoms with Gasteiger partial charge in [-0.1, -0.05) is 0 Å². The van der Waals surface area contributed by atoms with Crippen LogP contribution in [0.3, 0.4) is 0 Å². The Morgan fingerprint density at radius 2 is 1.67 bits per heavy atom. The van der Waals surface area contributed by atoms with Crippen molar-refractivity contribution in [3.63, 3.8) is 0 Å². The number of hydrogen-bond acceptors (Lipinski definition) is 4. The van der Waals surface area contributed by atoms with Crippen molar-refractivity contribution in [2.75, 3.05) is 7.11 Å². The van der Waals surface area contributed by atoms with E-state index >= 15 is 0 Å². The molecule has 0 atom stereocenters. The topological polar surface area (TPSA) is 67.4 Å². The zero-order valence-electron chi connectivity index (χ0n) is 12.0. The third kappa shape index (κ3) is 3.61. The summed E-state index contributed by atoms with van der Waals surface area (Å²) in [4.78, 5) is 25.9. The normalized spacial score (nSPS) is 10.0. The van der Waals surface area contributed by atoms with Gasteiger partial charge in [-0.25, -0.2) is 0 Å². The third-order valence-electron chi connectivity index (χ3n) is 2.93. The van der Waals surface area contributed by atoms with E-state index in [1.165, 1.54) is 0 Å². The average molecular weight is 304 g/mol. The van der Waals surface area contributed by atoms with Gasteiger partial charge in [0.05, 0.1) is 12.7 Å². The summed E-state index contributed by atoms with van der Waals surface area (Å²) in [6.07, 6.45) is 0. The molecule has 6 heteroatoms. The molecule has 2 aromatic rings. The van der Waals surface area contributed by atoms with E-state index in [1.807, 2.05) is 13.8 Å². The van der Waals surface area contributed by atoms with Crippen LogP contribution in [0.1, 0.15) is 30.5 Å². The van der Waals surface area contributed by atoms with Crippen molar-refractivity contribution in [2.45, 2.75) is 13.8 Å². The summed E-state index contributed by atoms with van der Waals surface area (Å²) in [6.45, 7) is 3.81. The fourth-order valence-corrected chi connectivity index (χ4v) is 2.77. The van der Waals surface area contributed by atoms with E-state index in [9.17, 15) is 9.59 Å². The summed E-state index contributed by atoms with van der Waals surface area (Å²) < 4.78 is 5.02. The SMILES string of the molecule is COc1ccc(C(=O)NNC(=O)c2cc(C)sc2C)cc1. The first-order valence-electron chi connectivity index (χ1n) is 6.33. The molecule has 1 aromatic carbocycles. The van der Waals surface area contributed by atoms with E-state index in [0.29, 0.717) is 16.9 Å². The summed E-state index contributed by atoms with van der Waals surface area (Å²) in [5.74, 6) is -0.0331. The Labute approximate surface area is 126 Å². The van der Waals surface area contributed by atoms with Crippen molar-refractivity contribution in [1.82, 2.24) is 10.9 Å². The second-order valence-electron chi connectivity index (χ2n) is 4.46. The van der Waals surface area contributed by atoms with Crippen LogP contribution in [0.5, 0.6) is 5.75 Å². The lowest BCUT2D eigenvalue weighted by molar-refractivity contribution is 0.0846. The lowest BCUT2D eigenvalue weighted by Gasteiger charge is -2.07. The largest absolute Gasteiger partial charge is 0.497 e. The number of carbonyl (C=O) groups is 2. The molecule has 0 aliphatic carbocycles. The van der Waals surface area contributed by atoms with Crippen LogP contribution < -0.4 is 15.6 Å². The smallest absolute Gasteiger partial charge is 0.270 e. The highest BCUT2D eigenvalue weighted by molar-refractivity contribution is 7.12. The van der Waals surface area contributed by atoms with Crippen molar-refractivity contribution in [3.8, 4) is 5.75 Å². The van der Waals surface area contributed by atoms with Crippen molar-refractivity contribution < 1.29 is 14.3 Å². The van der Waals surface area contributed by atoms with Crippen molar-refractivity contribution in [2.24, 2.45) is 0 Å². The van der Waals surface area contributed by atoms with Gasteiger partial charge in [0.15, 0.2) is 0 Å². The number of ether oxygens (including phenoxy) is 1. The van der Waals surface area contributed by atoms with Crippen LogP contribution in [0, 0.1) is 13.8 Å². The molecule has 1 aromatic heterocycles. The Kier molecular flexibility index (Phi) is 4.59. The molecule has 2 N–H and O–H groups in total. The van der Waals surface area contributed by atoms with Gasteiger partial charge in [0.1, 0.15) is 5.75 Å². The van der Waals surface area contributed by atoms with Gasteiger partial charge in [0.2, 0.25) is 0 Å². The van der Waals surface area contributed by atoms with Crippen LogP contribution in [0.2, 0.25) is 0 Å². The first-order chi connectivity index (χ1) is 10.0. The van der Waals surface area contributed by atoms with Crippen molar-refractivity contribution in [1.29, 1.82) is 0 Å². The van der Waals surface area contributed by atoms with Gasteiger partial charge in [-0.2, -0.15) is 0 Å². The van der Waals surface area contributed by atoms with Crippen LogP contribution in [0.4, 0.5) is 0 Å². The first kappa shape index (κ1) is 15.1. The van der Waals surface area contributed by atoms with Gasteiger partial charge in [-0.15, -0.1) is 11.3 Å². The number of carbonyl (C=O) groups excluding carboxylic acids is 2. The van der Waals surface area contributed by atoms with Gasteiger partial charge in [-0.3, -0.25) is 20.4 Å². The van der Waals surface area contributed by atoms with E-state index in [4.69, 9.17) is 4.74 Å². The highest BCUT2D eigenvalue weighted by atomic mass is 32.1. The number of aryl methyl sites for hydroxylation is 2. The molecule has 0 fully saturated rings. The summed E-state index contributed by atoms with van der Waals surface area (Å²) in [7, 11) is 1.56. The number of methoxy groups -OCH3 is 1. The van der Waals surface area contributed by atoms with Crippen LogP contribution in [0.15, 0.2) is 30.3 Å². The maximum absolute atomic E-state index is 12.0. The first-order valence-corrected chi connectivity index (χ1v) is 7.14. The highest BCUT2D eigenvalue weighted by Crippen LogP contribution is 2.20. The quantitative estimate of drug-likeness (QED) is 0.856. The van der Waals surface area contributed by atoms with Gasteiger partial charge < -0.3 is 4.74 Å². The standard InChI is InChI=1S/C15H16N2O3S/c1-9-8-13(10(2)21-9)15(19)17-16-14(18)11-4-6-12(20-3)7-5-11/h4-8H,1-3H3,(H,16,18)(H,17,19). The maximum atomic E-state index is 12.0. The van der Waals surface area contributed by atoms with E-state index < -0.39 is 0 Å². The third-order valence-corrected chi connectivity index (χ3v) is 3.89. The Balaban J connectivity index is 1.97. The number of rotatable bonds is 3. The minimum absolute atomic E-state index is 0.321. The summed E-state index contributed by atoms with van der Waals surface area (Å²) in [5, 5.41) is 0. The molecule has 0 radical (unpaired) electrons. The van der Waals surface area contributed by atoms with Crippen LogP contribution in [0.25, 0.3) is 0 Å². The van der Waals surface area contributed by atoms with Gasteiger partial charge in [0.25, 0.3) is 11.8 Å². The van der Waals surface area contributed by atoms with E-state index in [1.54, 1.807) is 48.8 Å². The molecule has 0 saturated carbocycles. The van der Waals surface area contributed by atoms with Crippen molar-refractivity contribution in [3.05, 3.63) is 51.2 Å². The zero-order valence-corrected chi connectivity index (χ0v) is 12.8. The Hall–Kier alpha value is -2.34. The van der Waals surface area contributed by atoms with E-state index in [2.05, 4.69) is 10.9 Å². The van der Waals surface area contributed by atoms with E-state index in [-0.39, 0.29) is 11.8 Å². The molecule has 2 amide bonds. The molecule has 2 rings (SSSR count). The molecule has 21 heavy (non-hydrogen) atoms. The molecule has 0 aliphatic heterocycles. The Bertz CT molecular complexity index is 662. The summed E-state index contributed by atoms with van der Waals surface area (Å²) >= 11 is 1.54. The number of amides is 2. The predicted molar refractivity (Wildman–Crippen MR) is 81.7 cm³/mol. The number of benzene rings is 1. The minimum atomic E-state index is -0.379. The molecule has 1 heterocycles. The average Bonchev–Trinajstić information content (AvgIpc) is 2.83. The number of nitrogens with one attached hydrogen (secondary N) is 2. The Morgan fingerprint density at radius 1 is 1.05 bits per heavy atom. The second kappa shape index (κ2) is 6.41. The van der Waals surface area contributed by atoms with Crippen LogP contribution >= 0.6 is 11.3 Å². The molecular formula is C15H16N2O3S.